The highest BCUT2D eigenvalue weighted by Crippen LogP contribution is 2.35. The Kier molecular flexibility index (Phi) is 5.31. The molecule has 0 bridgehead atoms. The van der Waals surface area contributed by atoms with Crippen molar-refractivity contribution < 1.29 is 4.39 Å². The van der Waals surface area contributed by atoms with Gasteiger partial charge in [0, 0.05) is 37.9 Å². The largest absolute Gasteiger partial charge is 0.302 e. The van der Waals surface area contributed by atoms with Crippen molar-refractivity contribution in [3.8, 4) is 0 Å². The van der Waals surface area contributed by atoms with Crippen LogP contribution in [0.2, 0.25) is 0 Å². The van der Waals surface area contributed by atoms with Gasteiger partial charge in [-0.2, -0.15) is 5.10 Å². The number of aromatic nitrogens is 2. The normalized spacial score (nSPS) is 22.2. The zero-order valence-corrected chi connectivity index (χ0v) is 14.8. The molecule has 0 unspecified atom stereocenters. The fraction of sp³-hybridized carbons (Fsp3) is 0.526. The second kappa shape index (κ2) is 7.45. The Hall–Kier alpha value is -1.72. The predicted molar refractivity (Wildman–Crippen MR) is 94.0 cm³/mol. The van der Waals surface area contributed by atoms with E-state index in [4.69, 9.17) is 0 Å². The molecule has 1 fully saturated rings. The summed E-state index contributed by atoms with van der Waals surface area (Å²) in [5.74, 6) is 0.401. The lowest BCUT2D eigenvalue weighted by Crippen LogP contribution is -2.40. The first kappa shape index (κ1) is 17.1. The van der Waals surface area contributed by atoms with Crippen molar-refractivity contribution in [3.05, 3.63) is 53.6 Å². The first-order valence-electron chi connectivity index (χ1n) is 8.64. The quantitative estimate of drug-likeness (QED) is 0.842. The van der Waals surface area contributed by atoms with Gasteiger partial charge in [0.05, 0.1) is 6.20 Å². The van der Waals surface area contributed by atoms with Gasteiger partial charge in [-0.1, -0.05) is 12.1 Å². The van der Waals surface area contributed by atoms with Crippen molar-refractivity contribution >= 4 is 0 Å². The molecule has 1 aliphatic heterocycles. The van der Waals surface area contributed by atoms with Crippen LogP contribution in [0.4, 0.5) is 4.39 Å². The van der Waals surface area contributed by atoms with Crippen LogP contribution < -0.4 is 0 Å². The van der Waals surface area contributed by atoms with Crippen LogP contribution in [0, 0.1) is 11.7 Å². The fourth-order valence-corrected chi connectivity index (χ4v) is 3.98. The molecule has 0 aliphatic carbocycles. The average Bonchev–Trinajstić information content (AvgIpc) is 2.93. The van der Waals surface area contributed by atoms with Gasteiger partial charge in [-0.25, -0.2) is 4.39 Å². The Morgan fingerprint density at radius 1 is 1.33 bits per heavy atom. The number of likely N-dealkylation sites (tertiary alicyclic amines) is 1. The van der Waals surface area contributed by atoms with Gasteiger partial charge in [-0.05, 0) is 57.1 Å². The van der Waals surface area contributed by atoms with Crippen molar-refractivity contribution in [2.45, 2.75) is 25.4 Å². The van der Waals surface area contributed by atoms with E-state index in [2.05, 4.69) is 35.2 Å². The molecular weight excluding hydrogens is 303 g/mol. The molecule has 1 aromatic carbocycles. The summed E-state index contributed by atoms with van der Waals surface area (Å²) in [6, 6.07) is 7.30. The molecule has 1 saturated heterocycles. The molecule has 0 radical (unpaired) electrons. The molecule has 2 aromatic rings. The van der Waals surface area contributed by atoms with E-state index < -0.39 is 0 Å². The van der Waals surface area contributed by atoms with E-state index >= 15 is 0 Å². The van der Waals surface area contributed by atoms with Crippen molar-refractivity contribution in [1.82, 2.24) is 19.6 Å². The first-order chi connectivity index (χ1) is 11.5. The Bertz CT molecular complexity index is 669. The number of rotatable bonds is 5. The minimum Gasteiger partial charge on any atom is -0.302 e. The monoisotopic (exact) mass is 330 g/mol. The molecule has 1 aromatic heterocycles. The molecule has 2 atom stereocenters. The number of nitrogens with zero attached hydrogens (tertiary/aromatic N) is 4. The van der Waals surface area contributed by atoms with Crippen LogP contribution in [0.1, 0.15) is 30.0 Å². The minimum atomic E-state index is -0.161. The van der Waals surface area contributed by atoms with Gasteiger partial charge in [0.1, 0.15) is 5.82 Å². The minimum absolute atomic E-state index is 0.161. The van der Waals surface area contributed by atoms with E-state index in [1.165, 1.54) is 24.5 Å². The second-order valence-corrected chi connectivity index (χ2v) is 7.10. The lowest BCUT2D eigenvalue weighted by molar-refractivity contribution is 0.0925. The number of benzene rings is 1. The molecule has 0 N–H and O–H groups in total. The maximum Gasteiger partial charge on any atom is 0.123 e. The van der Waals surface area contributed by atoms with Crippen molar-refractivity contribution in [2.75, 3.05) is 27.2 Å². The highest BCUT2D eigenvalue weighted by Gasteiger charge is 2.32. The van der Waals surface area contributed by atoms with Crippen molar-refractivity contribution in [1.29, 1.82) is 0 Å². The summed E-state index contributed by atoms with van der Waals surface area (Å²) >= 11 is 0. The fourth-order valence-electron chi connectivity index (χ4n) is 3.98. The van der Waals surface area contributed by atoms with Crippen LogP contribution in [0.3, 0.4) is 0 Å². The van der Waals surface area contributed by atoms with Gasteiger partial charge in [-0.3, -0.25) is 9.58 Å². The molecule has 0 amide bonds. The molecule has 2 heterocycles. The van der Waals surface area contributed by atoms with E-state index in [-0.39, 0.29) is 5.82 Å². The Balaban J connectivity index is 1.69. The molecule has 1 aliphatic rings. The predicted octanol–water partition coefficient (Wildman–Crippen LogP) is 3.07. The van der Waals surface area contributed by atoms with E-state index in [9.17, 15) is 4.39 Å². The third kappa shape index (κ3) is 4.02. The van der Waals surface area contributed by atoms with Gasteiger partial charge < -0.3 is 4.90 Å². The number of halogens is 1. The molecule has 24 heavy (non-hydrogen) atoms. The maximum absolute atomic E-state index is 13.4. The van der Waals surface area contributed by atoms with Gasteiger partial charge in [0.25, 0.3) is 0 Å². The van der Waals surface area contributed by atoms with Crippen molar-refractivity contribution in [3.63, 3.8) is 0 Å². The first-order valence-corrected chi connectivity index (χ1v) is 8.64. The number of piperidine rings is 1. The lowest BCUT2D eigenvalue weighted by Gasteiger charge is -2.40. The standard InChI is InChI=1S/C19H27FN4/c1-22(12-15-6-4-8-18(20)10-15)13-16-7-5-9-23(2)19(16)17-11-21-24(3)14-17/h4,6,8,10-11,14,16,19H,5,7,9,12-13H2,1-3H3/t16-,19+/m0/s1. The molecular formula is C19H27FN4. The zero-order valence-electron chi connectivity index (χ0n) is 14.8. The average molecular weight is 330 g/mol. The third-order valence-corrected chi connectivity index (χ3v) is 4.96. The van der Waals surface area contributed by atoms with E-state index in [0.29, 0.717) is 12.0 Å². The van der Waals surface area contributed by atoms with Gasteiger partial charge in [-0.15, -0.1) is 0 Å². The smallest absolute Gasteiger partial charge is 0.123 e. The maximum atomic E-state index is 13.4. The second-order valence-electron chi connectivity index (χ2n) is 7.10. The zero-order chi connectivity index (χ0) is 17.1. The molecule has 4 nitrogen and oxygen atoms in total. The molecule has 130 valence electrons. The Morgan fingerprint density at radius 3 is 2.88 bits per heavy atom. The summed E-state index contributed by atoms with van der Waals surface area (Å²) in [5.41, 5.74) is 2.32. The van der Waals surface area contributed by atoms with Crippen LogP contribution >= 0.6 is 0 Å². The summed E-state index contributed by atoms with van der Waals surface area (Å²) < 4.78 is 15.3. The van der Waals surface area contributed by atoms with Crippen LogP contribution in [-0.4, -0.2) is 46.8 Å². The molecule has 0 spiro atoms. The lowest BCUT2D eigenvalue weighted by atomic mass is 9.85. The van der Waals surface area contributed by atoms with E-state index in [1.807, 2.05) is 24.0 Å². The van der Waals surface area contributed by atoms with Gasteiger partial charge in [0.15, 0.2) is 0 Å². The number of hydrogen-bond donors (Lipinski definition) is 0. The highest BCUT2D eigenvalue weighted by molar-refractivity contribution is 5.16. The third-order valence-electron chi connectivity index (χ3n) is 4.96. The summed E-state index contributed by atoms with van der Waals surface area (Å²) in [4.78, 5) is 4.75. The molecule has 5 heteroatoms. The highest BCUT2D eigenvalue weighted by atomic mass is 19.1. The molecule has 3 rings (SSSR count). The summed E-state index contributed by atoms with van der Waals surface area (Å²) in [6.07, 6.45) is 6.57. The summed E-state index contributed by atoms with van der Waals surface area (Å²) in [7, 11) is 6.30. The van der Waals surface area contributed by atoms with Gasteiger partial charge >= 0.3 is 0 Å². The van der Waals surface area contributed by atoms with Crippen molar-refractivity contribution in [2.24, 2.45) is 13.0 Å². The van der Waals surface area contributed by atoms with Crippen LogP contribution in [-0.2, 0) is 13.6 Å². The van der Waals surface area contributed by atoms with E-state index in [1.54, 1.807) is 12.1 Å². The summed E-state index contributed by atoms with van der Waals surface area (Å²) in [5, 5.41) is 4.35. The number of aryl methyl sites for hydroxylation is 1. The van der Waals surface area contributed by atoms with E-state index in [0.717, 1.165) is 25.2 Å². The van der Waals surface area contributed by atoms with Crippen LogP contribution in [0.25, 0.3) is 0 Å². The van der Waals surface area contributed by atoms with Crippen LogP contribution in [0.15, 0.2) is 36.7 Å². The SMILES string of the molecule is CN(Cc1cccc(F)c1)C[C@@H]1CCCN(C)[C@H]1c1cnn(C)c1. The topological polar surface area (TPSA) is 24.3 Å². The number of hydrogen-bond acceptors (Lipinski definition) is 3. The Labute approximate surface area is 143 Å². The Morgan fingerprint density at radius 2 is 2.17 bits per heavy atom. The van der Waals surface area contributed by atoms with Crippen LogP contribution in [0.5, 0.6) is 0 Å². The summed E-state index contributed by atoms with van der Waals surface area (Å²) in [6.45, 7) is 2.90. The van der Waals surface area contributed by atoms with Gasteiger partial charge in [0.2, 0.25) is 0 Å². The molecule has 0 saturated carbocycles.